The summed E-state index contributed by atoms with van der Waals surface area (Å²) in [5.74, 6) is -0.267. The largest absolute Gasteiger partial charge is 0.466 e. The standard InChI is InChI=1S/C23H35N3O4S/c1-5-17(3)26(23(29)24-19-7-9-20(31-4)10-8-19)16-13-21(27)25-14-11-18(12-15-25)22(28)30-6-2/h7-10,17-18H,5-6,11-16H2,1-4H3,(H,24,29). The molecule has 31 heavy (non-hydrogen) atoms. The number of thioether (sulfide) groups is 1. The highest BCUT2D eigenvalue weighted by Crippen LogP contribution is 2.20. The van der Waals surface area contributed by atoms with Gasteiger partial charge in [0, 0.05) is 42.7 Å². The third-order valence-corrected chi connectivity index (χ3v) is 6.50. The van der Waals surface area contributed by atoms with Crippen molar-refractivity contribution >= 4 is 35.4 Å². The second-order valence-corrected chi connectivity index (χ2v) is 8.65. The highest BCUT2D eigenvalue weighted by molar-refractivity contribution is 7.98. The first kappa shape index (κ1) is 25.0. The number of amides is 3. The lowest BCUT2D eigenvalue weighted by atomic mass is 9.97. The molecule has 0 spiro atoms. The summed E-state index contributed by atoms with van der Waals surface area (Å²) in [6.07, 6.45) is 4.35. The van der Waals surface area contributed by atoms with Gasteiger partial charge in [-0.25, -0.2) is 4.79 Å². The van der Waals surface area contributed by atoms with Crippen LogP contribution < -0.4 is 5.32 Å². The Hall–Kier alpha value is -2.22. The minimum absolute atomic E-state index is 0.0211. The quantitative estimate of drug-likeness (QED) is 0.451. The van der Waals surface area contributed by atoms with Gasteiger partial charge in [0.2, 0.25) is 5.91 Å². The molecular weight excluding hydrogens is 414 g/mol. The number of anilines is 1. The molecule has 3 amide bonds. The molecule has 0 radical (unpaired) electrons. The van der Waals surface area contributed by atoms with E-state index < -0.39 is 0 Å². The highest BCUT2D eigenvalue weighted by atomic mass is 32.2. The van der Waals surface area contributed by atoms with Crippen molar-refractivity contribution in [1.82, 2.24) is 9.80 Å². The van der Waals surface area contributed by atoms with Crippen molar-refractivity contribution < 1.29 is 19.1 Å². The average Bonchev–Trinajstić information content (AvgIpc) is 2.79. The summed E-state index contributed by atoms with van der Waals surface area (Å²) in [6.45, 7) is 7.67. The van der Waals surface area contributed by atoms with E-state index in [0.29, 0.717) is 39.1 Å². The molecule has 172 valence electrons. The molecular formula is C23H35N3O4S. The Balaban J connectivity index is 1.88. The summed E-state index contributed by atoms with van der Waals surface area (Å²) < 4.78 is 5.09. The zero-order chi connectivity index (χ0) is 22.8. The van der Waals surface area contributed by atoms with Crippen molar-refractivity contribution in [3.8, 4) is 0 Å². The molecule has 1 unspecified atom stereocenters. The van der Waals surface area contributed by atoms with Gasteiger partial charge in [0.15, 0.2) is 0 Å². The molecule has 1 aromatic carbocycles. The molecule has 8 heteroatoms. The minimum atomic E-state index is -0.194. The summed E-state index contributed by atoms with van der Waals surface area (Å²) >= 11 is 1.65. The maximum Gasteiger partial charge on any atom is 0.322 e. The lowest BCUT2D eigenvalue weighted by Crippen LogP contribution is -2.45. The first-order chi connectivity index (χ1) is 14.9. The lowest BCUT2D eigenvalue weighted by Gasteiger charge is -2.33. The Morgan fingerprint density at radius 1 is 1.19 bits per heavy atom. The van der Waals surface area contributed by atoms with Crippen LogP contribution in [0, 0.1) is 5.92 Å². The van der Waals surface area contributed by atoms with Crippen molar-refractivity contribution in [1.29, 1.82) is 0 Å². The smallest absolute Gasteiger partial charge is 0.322 e. The average molecular weight is 450 g/mol. The molecule has 1 aliphatic rings. The molecule has 0 bridgehead atoms. The number of urea groups is 1. The van der Waals surface area contributed by atoms with E-state index in [1.165, 1.54) is 0 Å². The Morgan fingerprint density at radius 2 is 1.84 bits per heavy atom. The van der Waals surface area contributed by atoms with Gasteiger partial charge in [-0.3, -0.25) is 9.59 Å². The number of piperidine rings is 1. The van der Waals surface area contributed by atoms with Crippen LogP contribution in [0.3, 0.4) is 0 Å². The van der Waals surface area contributed by atoms with Crippen molar-refractivity contribution in [2.75, 3.05) is 37.8 Å². The molecule has 7 nitrogen and oxygen atoms in total. The fourth-order valence-corrected chi connectivity index (χ4v) is 4.02. The van der Waals surface area contributed by atoms with Gasteiger partial charge in [0.25, 0.3) is 0 Å². The highest BCUT2D eigenvalue weighted by Gasteiger charge is 2.29. The molecule has 0 saturated carbocycles. The molecule has 1 heterocycles. The summed E-state index contributed by atoms with van der Waals surface area (Å²) in [6, 6.07) is 7.54. The number of esters is 1. The van der Waals surface area contributed by atoms with Gasteiger partial charge < -0.3 is 19.9 Å². The van der Waals surface area contributed by atoms with Crippen LogP contribution in [0.15, 0.2) is 29.2 Å². The van der Waals surface area contributed by atoms with Crippen LogP contribution in [-0.4, -0.2) is 66.2 Å². The number of nitrogens with one attached hydrogen (secondary N) is 1. The van der Waals surface area contributed by atoms with Gasteiger partial charge in [-0.05, 0) is 63.6 Å². The van der Waals surface area contributed by atoms with E-state index in [0.717, 1.165) is 17.0 Å². The number of likely N-dealkylation sites (tertiary alicyclic amines) is 1. The maximum atomic E-state index is 12.9. The summed E-state index contributed by atoms with van der Waals surface area (Å²) in [7, 11) is 0. The third kappa shape index (κ3) is 7.45. The van der Waals surface area contributed by atoms with Crippen molar-refractivity contribution in [3.63, 3.8) is 0 Å². The van der Waals surface area contributed by atoms with Crippen molar-refractivity contribution in [2.45, 2.75) is 57.4 Å². The van der Waals surface area contributed by atoms with E-state index in [1.807, 2.05) is 44.4 Å². The van der Waals surface area contributed by atoms with Crippen LogP contribution in [0.2, 0.25) is 0 Å². The number of nitrogens with zero attached hydrogens (tertiary/aromatic N) is 2. The number of hydrogen-bond donors (Lipinski definition) is 1. The molecule has 0 aliphatic carbocycles. The summed E-state index contributed by atoms with van der Waals surface area (Å²) in [5, 5.41) is 2.94. The number of hydrogen-bond acceptors (Lipinski definition) is 5. The van der Waals surface area contributed by atoms with Crippen LogP contribution in [0.5, 0.6) is 0 Å². The van der Waals surface area contributed by atoms with Crippen LogP contribution in [0.1, 0.15) is 46.5 Å². The predicted molar refractivity (Wildman–Crippen MR) is 124 cm³/mol. The zero-order valence-corrected chi connectivity index (χ0v) is 19.9. The topological polar surface area (TPSA) is 79.0 Å². The van der Waals surface area contributed by atoms with E-state index in [4.69, 9.17) is 4.74 Å². The van der Waals surface area contributed by atoms with E-state index in [1.54, 1.807) is 28.5 Å². The second-order valence-electron chi connectivity index (χ2n) is 7.77. The van der Waals surface area contributed by atoms with E-state index >= 15 is 0 Å². The normalized spacial score (nSPS) is 15.3. The van der Waals surface area contributed by atoms with Crippen molar-refractivity contribution in [3.05, 3.63) is 24.3 Å². The van der Waals surface area contributed by atoms with Gasteiger partial charge in [0.05, 0.1) is 12.5 Å². The van der Waals surface area contributed by atoms with Crippen LogP contribution in [0.4, 0.5) is 10.5 Å². The molecule has 2 rings (SSSR count). The molecule has 1 N–H and O–H groups in total. The van der Waals surface area contributed by atoms with Gasteiger partial charge >= 0.3 is 12.0 Å². The molecule has 1 fully saturated rings. The van der Waals surface area contributed by atoms with E-state index in [2.05, 4.69) is 5.32 Å². The monoisotopic (exact) mass is 449 g/mol. The van der Waals surface area contributed by atoms with E-state index in [9.17, 15) is 14.4 Å². The molecule has 1 saturated heterocycles. The Bertz CT molecular complexity index is 733. The second kappa shape index (κ2) is 12.6. The predicted octanol–water partition coefficient (Wildman–Crippen LogP) is 4.23. The molecule has 1 aromatic rings. The van der Waals surface area contributed by atoms with E-state index in [-0.39, 0.29) is 36.3 Å². The zero-order valence-electron chi connectivity index (χ0n) is 19.1. The Kier molecular flexibility index (Phi) is 10.2. The molecule has 1 aliphatic heterocycles. The first-order valence-electron chi connectivity index (χ1n) is 11.1. The Labute approximate surface area is 189 Å². The Morgan fingerprint density at radius 3 is 2.39 bits per heavy atom. The molecule has 0 aromatic heterocycles. The number of ether oxygens (including phenoxy) is 1. The van der Waals surface area contributed by atoms with Gasteiger partial charge in [0.1, 0.15) is 0 Å². The van der Waals surface area contributed by atoms with Gasteiger partial charge in [-0.15, -0.1) is 11.8 Å². The van der Waals surface area contributed by atoms with Crippen molar-refractivity contribution in [2.24, 2.45) is 5.92 Å². The third-order valence-electron chi connectivity index (χ3n) is 5.76. The van der Waals surface area contributed by atoms with Gasteiger partial charge in [-0.1, -0.05) is 6.92 Å². The van der Waals surface area contributed by atoms with Gasteiger partial charge in [-0.2, -0.15) is 0 Å². The number of carbonyl (C=O) groups excluding carboxylic acids is 3. The van der Waals surface area contributed by atoms with Crippen LogP contribution in [0.25, 0.3) is 0 Å². The summed E-state index contributed by atoms with van der Waals surface area (Å²) in [5.41, 5.74) is 0.739. The number of rotatable bonds is 9. The first-order valence-corrected chi connectivity index (χ1v) is 12.3. The SMILES string of the molecule is CCOC(=O)C1CCN(C(=O)CCN(C(=O)Nc2ccc(SC)cc2)C(C)CC)CC1. The van der Waals surface area contributed by atoms with Crippen LogP contribution >= 0.6 is 11.8 Å². The minimum Gasteiger partial charge on any atom is -0.466 e. The van der Waals surface area contributed by atoms with Crippen LogP contribution in [-0.2, 0) is 14.3 Å². The fraction of sp³-hybridized carbons (Fsp3) is 0.609. The fourth-order valence-electron chi connectivity index (χ4n) is 3.61. The number of benzene rings is 1. The maximum absolute atomic E-state index is 12.9. The molecule has 1 atom stereocenters. The number of carbonyl (C=O) groups is 3. The lowest BCUT2D eigenvalue weighted by molar-refractivity contribution is -0.151. The summed E-state index contributed by atoms with van der Waals surface area (Å²) in [4.78, 5) is 42.1.